The highest BCUT2D eigenvalue weighted by Crippen LogP contribution is 2.33. The van der Waals surface area contributed by atoms with E-state index in [1.165, 1.54) is 6.07 Å². The highest BCUT2D eigenvalue weighted by Gasteiger charge is 2.29. The molecule has 1 heterocycles. The van der Waals surface area contributed by atoms with Crippen LogP contribution in [0.1, 0.15) is 0 Å². The van der Waals surface area contributed by atoms with E-state index in [1.54, 1.807) is 18.2 Å². The van der Waals surface area contributed by atoms with E-state index in [4.69, 9.17) is 4.74 Å². The van der Waals surface area contributed by atoms with Crippen molar-refractivity contribution in [3.05, 3.63) is 53.8 Å². The van der Waals surface area contributed by atoms with Crippen molar-refractivity contribution in [3.63, 3.8) is 0 Å². The van der Waals surface area contributed by atoms with E-state index in [0.29, 0.717) is 11.8 Å². The van der Waals surface area contributed by atoms with E-state index in [2.05, 4.69) is 0 Å². The summed E-state index contributed by atoms with van der Waals surface area (Å²) in [6.07, 6.45) is 0. The van der Waals surface area contributed by atoms with Crippen molar-refractivity contribution in [1.82, 2.24) is 0 Å². The van der Waals surface area contributed by atoms with Gasteiger partial charge in [-0.25, -0.2) is 17.5 Å². The van der Waals surface area contributed by atoms with Crippen LogP contribution in [-0.4, -0.2) is 21.6 Å². The minimum atomic E-state index is -4.23. The summed E-state index contributed by atoms with van der Waals surface area (Å²) in [4.78, 5) is 0. The number of ether oxygens (including phenoxy) is 1. The molecule has 0 unspecified atom stereocenters. The monoisotopic (exact) mass is 344 g/mol. The SMILES string of the molecule is O=S(=O)(Nc1ccc(F)c(F)c1F)N1CCOc2ccccc21. The zero-order valence-corrected chi connectivity index (χ0v) is 12.4. The largest absolute Gasteiger partial charge is 0.489 e. The molecule has 1 N–H and O–H groups in total. The number of anilines is 2. The van der Waals surface area contributed by atoms with Crippen LogP contribution in [0.5, 0.6) is 5.75 Å². The first-order valence-corrected chi connectivity index (χ1v) is 8.00. The zero-order valence-electron chi connectivity index (χ0n) is 11.6. The second kappa shape index (κ2) is 5.65. The number of fused-ring (bicyclic) bond motifs is 1. The first-order valence-electron chi connectivity index (χ1n) is 6.56. The summed E-state index contributed by atoms with van der Waals surface area (Å²) < 4.78 is 73.0. The molecule has 23 heavy (non-hydrogen) atoms. The molecule has 1 aliphatic heterocycles. The fraction of sp³-hybridized carbons (Fsp3) is 0.143. The van der Waals surface area contributed by atoms with Crippen LogP contribution in [0.15, 0.2) is 36.4 Å². The van der Waals surface area contributed by atoms with E-state index < -0.39 is 33.3 Å². The van der Waals surface area contributed by atoms with Gasteiger partial charge in [-0.1, -0.05) is 12.1 Å². The third-order valence-corrected chi connectivity index (χ3v) is 4.69. The predicted molar refractivity (Wildman–Crippen MR) is 78.1 cm³/mol. The van der Waals surface area contributed by atoms with E-state index in [-0.39, 0.29) is 18.8 Å². The van der Waals surface area contributed by atoms with Crippen LogP contribution in [0.2, 0.25) is 0 Å². The summed E-state index contributed by atoms with van der Waals surface area (Å²) >= 11 is 0. The molecule has 0 radical (unpaired) electrons. The van der Waals surface area contributed by atoms with Gasteiger partial charge in [0.25, 0.3) is 0 Å². The van der Waals surface area contributed by atoms with Crippen molar-refractivity contribution in [2.75, 3.05) is 22.2 Å². The van der Waals surface area contributed by atoms with Crippen molar-refractivity contribution in [3.8, 4) is 5.75 Å². The molecule has 0 aliphatic carbocycles. The summed E-state index contributed by atoms with van der Waals surface area (Å²) in [5.41, 5.74) is -0.401. The topological polar surface area (TPSA) is 58.6 Å². The van der Waals surface area contributed by atoms with Crippen LogP contribution in [0.3, 0.4) is 0 Å². The van der Waals surface area contributed by atoms with Crippen LogP contribution in [-0.2, 0) is 10.2 Å². The number of rotatable bonds is 3. The number of para-hydroxylation sites is 2. The fourth-order valence-corrected chi connectivity index (χ4v) is 3.46. The molecule has 3 rings (SSSR count). The Hall–Kier alpha value is -2.42. The minimum Gasteiger partial charge on any atom is -0.489 e. The zero-order chi connectivity index (χ0) is 16.6. The molecular formula is C14H11F3N2O3S. The Bertz CT molecular complexity index is 858. The average molecular weight is 344 g/mol. The average Bonchev–Trinajstić information content (AvgIpc) is 2.55. The Balaban J connectivity index is 1.96. The summed E-state index contributed by atoms with van der Waals surface area (Å²) in [6.45, 7) is 0.107. The molecule has 122 valence electrons. The van der Waals surface area contributed by atoms with Gasteiger partial charge in [-0.3, -0.25) is 4.72 Å². The van der Waals surface area contributed by atoms with Crippen LogP contribution >= 0.6 is 0 Å². The van der Waals surface area contributed by atoms with Gasteiger partial charge in [-0.15, -0.1) is 0 Å². The van der Waals surface area contributed by atoms with E-state index in [0.717, 1.165) is 10.4 Å². The number of nitrogens with zero attached hydrogens (tertiary/aromatic N) is 1. The quantitative estimate of drug-likeness (QED) is 0.871. The highest BCUT2D eigenvalue weighted by molar-refractivity contribution is 7.94. The lowest BCUT2D eigenvalue weighted by Gasteiger charge is -2.30. The van der Waals surface area contributed by atoms with Gasteiger partial charge >= 0.3 is 10.2 Å². The summed E-state index contributed by atoms with van der Waals surface area (Å²) in [5.74, 6) is -4.39. The Kier molecular flexibility index (Phi) is 3.80. The molecule has 0 saturated heterocycles. The van der Waals surface area contributed by atoms with Gasteiger partial charge in [0.1, 0.15) is 12.4 Å². The molecule has 9 heteroatoms. The molecular weight excluding hydrogens is 333 g/mol. The Morgan fingerprint density at radius 2 is 1.78 bits per heavy atom. The fourth-order valence-electron chi connectivity index (χ4n) is 2.19. The van der Waals surface area contributed by atoms with Gasteiger partial charge in [0.2, 0.25) is 0 Å². The van der Waals surface area contributed by atoms with Crippen LogP contribution in [0, 0.1) is 17.5 Å². The van der Waals surface area contributed by atoms with Gasteiger partial charge < -0.3 is 4.74 Å². The third-order valence-electron chi connectivity index (χ3n) is 3.25. The summed E-state index contributed by atoms with van der Waals surface area (Å²) in [6, 6.07) is 7.87. The molecule has 0 aromatic heterocycles. The Morgan fingerprint density at radius 1 is 1.04 bits per heavy atom. The number of nitrogens with one attached hydrogen (secondary N) is 1. The van der Waals surface area contributed by atoms with Crippen molar-refractivity contribution < 1.29 is 26.3 Å². The smallest absolute Gasteiger partial charge is 0.324 e. The number of hydrogen-bond donors (Lipinski definition) is 1. The molecule has 0 spiro atoms. The van der Waals surface area contributed by atoms with E-state index >= 15 is 0 Å². The predicted octanol–water partition coefficient (Wildman–Crippen LogP) is 2.66. The maximum Gasteiger partial charge on any atom is 0.324 e. The molecule has 0 amide bonds. The van der Waals surface area contributed by atoms with Gasteiger partial charge in [0.05, 0.1) is 17.9 Å². The summed E-state index contributed by atoms with van der Waals surface area (Å²) in [5, 5.41) is 0. The Labute approximate surface area is 130 Å². The first kappa shape index (κ1) is 15.5. The van der Waals surface area contributed by atoms with Crippen molar-refractivity contribution >= 4 is 21.6 Å². The molecule has 0 fully saturated rings. The van der Waals surface area contributed by atoms with E-state index in [9.17, 15) is 21.6 Å². The van der Waals surface area contributed by atoms with Crippen LogP contribution < -0.4 is 13.8 Å². The first-order chi connectivity index (χ1) is 10.9. The normalized spacial score (nSPS) is 14.1. The lowest BCUT2D eigenvalue weighted by molar-refractivity contribution is 0.316. The lowest BCUT2D eigenvalue weighted by atomic mass is 10.2. The van der Waals surface area contributed by atoms with Gasteiger partial charge in [-0.05, 0) is 24.3 Å². The summed E-state index contributed by atoms with van der Waals surface area (Å²) in [7, 11) is -4.23. The number of halogens is 3. The maximum atomic E-state index is 13.7. The lowest BCUT2D eigenvalue weighted by Crippen LogP contribution is -2.41. The Morgan fingerprint density at radius 3 is 2.57 bits per heavy atom. The minimum absolute atomic E-state index is 0.00234. The molecule has 5 nitrogen and oxygen atoms in total. The molecule has 0 saturated carbocycles. The van der Waals surface area contributed by atoms with E-state index in [1.807, 2.05) is 4.72 Å². The van der Waals surface area contributed by atoms with Crippen molar-refractivity contribution in [2.45, 2.75) is 0 Å². The van der Waals surface area contributed by atoms with Gasteiger partial charge in [0, 0.05) is 0 Å². The highest BCUT2D eigenvalue weighted by atomic mass is 32.2. The van der Waals surface area contributed by atoms with Crippen molar-refractivity contribution in [1.29, 1.82) is 0 Å². The van der Waals surface area contributed by atoms with Crippen LogP contribution in [0.25, 0.3) is 0 Å². The van der Waals surface area contributed by atoms with Crippen LogP contribution in [0.4, 0.5) is 24.5 Å². The molecule has 1 aliphatic rings. The second-order valence-electron chi connectivity index (χ2n) is 4.72. The van der Waals surface area contributed by atoms with Gasteiger partial charge in [0.15, 0.2) is 17.5 Å². The molecule has 2 aromatic rings. The number of benzene rings is 2. The second-order valence-corrected chi connectivity index (χ2v) is 6.31. The standard InChI is InChI=1S/C14H11F3N2O3S/c15-9-5-6-10(14(17)13(9)16)18-23(20,21)19-7-8-22-12-4-2-1-3-11(12)19/h1-6,18H,7-8H2. The third kappa shape index (κ3) is 2.79. The van der Waals surface area contributed by atoms with Gasteiger partial charge in [-0.2, -0.15) is 8.42 Å². The van der Waals surface area contributed by atoms with Crippen molar-refractivity contribution in [2.24, 2.45) is 0 Å². The molecule has 0 bridgehead atoms. The number of hydrogen-bond acceptors (Lipinski definition) is 3. The molecule has 0 atom stereocenters. The maximum absolute atomic E-state index is 13.7. The molecule has 2 aromatic carbocycles.